The highest BCUT2D eigenvalue weighted by atomic mass is 32.2. The molecule has 1 amide bonds. The molecule has 4 aromatic rings. The second kappa shape index (κ2) is 10.6. The first-order chi connectivity index (χ1) is 17.9. The molecule has 1 aromatic heterocycles. The second-order valence-corrected chi connectivity index (χ2v) is 12.1. The van der Waals surface area contributed by atoms with E-state index in [0.29, 0.717) is 44.8 Å². The molecular weight excluding hydrogens is 504 g/mol. The van der Waals surface area contributed by atoms with E-state index in [9.17, 15) is 13.2 Å². The predicted molar refractivity (Wildman–Crippen MR) is 149 cm³/mol. The molecule has 37 heavy (non-hydrogen) atoms. The Kier molecular flexibility index (Phi) is 7.28. The van der Waals surface area contributed by atoms with E-state index in [2.05, 4.69) is 30.0 Å². The number of hydrogen-bond acceptors (Lipinski definition) is 6. The molecule has 3 aromatic carbocycles. The quantitative estimate of drug-likeness (QED) is 0.341. The van der Waals surface area contributed by atoms with Crippen molar-refractivity contribution in [3.63, 3.8) is 0 Å². The Morgan fingerprint density at radius 1 is 0.946 bits per heavy atom. The number of hydrogen-bond donors (Lipinski definition) is 0. The maximum absolute atomic E-state index is 13.2. The number of para-hydroxylation sites is 1. The lowest BCUT2D eigenvalue weighted by molar-refractivity contribution is 0.0746. The molecule has 1 fully saturated rings. The Balaban J connectivity index is 1.24. The summed E-state index contributed by atoms with van der Waals surface area (Å²) < 4.78 is 29.1. The van der Waals surface area contributed by atoms with Crippen molar-refractivity contribution < 1.29 is 13.2 Å². The zero-order valence-corrected chi connectivity index (χ0v) is 22.6. The molecule has 0 N–H and O–H groups in total. The smallest absolute Gasteiger partial charge is 0.253 e. The average molecular weight is 535 g/mol. The molecule has 2 heterocycles. The van der Waals surface area contributed by atoms with Gasteiger partial charge in [-0.05, 0) is 48.4 Å². The third kappa shape index (κ3) is 5.25. The number of aromatic nitrogens is 1. The van der Waals surface area contributed by atoms with Crippen molar-refractivity contribution in [3.8, 4) is 0 Å². The first-order valence-electron chi connectivity index (χ1n) is 12.4. The van der Waals surface area contributed by atoms with Crippen LogP contribution >= 0.6 is 11.3 Å². The molecule has 0 saturated carbocycles. The van der Waals surface area contributed by atoms with Crippen LogP contribution < -0.4 is 4.90 Å². The van der Waals surface area contributed by atoms with Gasteiger partial charge in [-0.15, -0.1) is 0 Å². The van der Waals surface area contributed by atoms with Crippen LogP contribution in [0, 0.1) is 6.92 Å². The molecule has 9 heteroatoms. The van der Waals surface area contributed by atoms with Crippen LogP contribution in [0.15, 0.2) is 77.7 Å². The highest BCUT2D eigenvalue weighted by molar-refractivity contribution is 7.89. The summed E-state index contributed by atoms with van der Waals surface area (Å²) in [6, 6.07) is 22.1. The normalized spacial score (nSPS) is 14.5. The van der Waals surface area contributed by atoms with Gasteiger partial charge in [-0.1, -0.05) is 60.7 Å². The Morgan fingerprint density at radius 2 is 1.65 bits per heavy atom. The molecule has 192 valence electrons. The first kappa shape index (κ1) is 25.4. The Bertz CT molecular complexity index is 1490. The van der Waals surface area contributed by atoms with E-state index in [1.54, 1.807) is 23.5 Å². The summed E-state index contributed by atoms with van der Waals surface area (Å²) in [4.78, 5) is 22.2. The van der Waals surface area contributed by atoms with E-state index in [1.165, 1.54) is 26.7 Å². The molecule has 0 unspecified atom stereocenters. The first-order valence-corrected chi connectivity index (χ1v) is 14.7. The van der Waals surface area contributed by atoms with Crippen LogP contribution in [-0.2, 0) is 16.6 Å². The molecule has 0 radical (unpaired) electrons. The minimum absolute atomic E-state index is 0.0830. The lowest BCUT2D eigenvalue weighted by Gasteiger charge is -2.34. The Hall–Kier alpha value is -3.27. The van der Waals surface area contributed by atoms with Crippen molar-refractivity contribution in [3.05, 3.63) is 89.5 Å². The number of thiazole rings is 1. The fourth-order valence-corrected chi connectivity index (χ4v) is 7.10. The van der Waals surface area contributed by atoms with Crippen LogP contribution in [-0.4, -0.2) is 61.2 Å². The van der Waals surface area contributed by atoms with Crippen molar-refractivity contribution in [1.29, 1.82) is 0 Å². The van der Waals surface area contributed by atoms with Crippen LogP contribution in [0.2, 0.25) is 0 Å². The molecule has 1 saturated heterocycles. The van der Waals surface area contributed by atoms with Gasteiger partial charge in [-0.25, -0.2) is 13.4 Å². The monoisotopic (exact) mass is 534 g/mol. The summed E-state index contributed by atoms with van der Waals surface area (Å²) in [6.45, 7) is 7.16. The van der Waals surface area contributed by atoms with Gasteiger partial charge in [0, 0.05) is 44.8 Å². The minimum Gasteiger partial charge on any atom is -0.345 e. The third-order valence-corrected chi connectivity index (χ3v) is 9.76. The average Bonchev–Trinajstić information content (AvgIpc) is 3.38. The Morgan fingerprint density at radius 3 is 2.30 bits per heavy atom. The summed E-state index contributed by atoms with van der Waals surface area (Å²) in [7, 11) is -3.67. The fourth-order valence-electron chi connectivity index (χ4n) is 4.57. The zero-order valence-electron chi connectivity index (χ0n) is 21.0. The standard InChI is InChI=1S/C28H30N4O3S2/c1-3-32(20-22-9-5-4-6-10-22)37(34,35)24-14-12-23(13-15-24)27(33)30-16-18-31(19-17-30)28-29-26-21(2)8-7-11-25(26)36-28/h4-15H,3,16-20H2,1-2H3. The summed E-state index contributed by atoms with van der Waals surface area (Å²) in [6.07, 6.45) is 0. The zero-order chi connectivity index (χ0) is 26.0. The lowest BCUT2D eigenvalue weighted by Crippen LogP contribution is -2.48. The molecule has 0 bridgehead atoms. The highest BCUT2D eigenvalue weighted by Crippen LogP contribution is 2.31. The van der Waals surface area contributed by atoms with E-state index in [0.717, 1.165) is 16.2 Å². The van der Waals surface area contributed by atoms with Crippen LogP contribution in [0.1, 0.15) is 28.4 Å². The van der Waals surface area contributed by atoms with Gasteiger partial charge < -0.3 is 9.80 Å². The van der Waals surface area contributed by atoms with E-state index >= 15 is 0 Å². The summed E-state index contributed by atoms with van der Waals surface area (Å²) in [5, 5.41) is 0.988. The van der Waals surface area contributed by atoms with E-state index in [1.807, 2.05) is 42.2 Å². The number of benzene rings is 3. The number of carbonyl (C=O) groups is 1. The van der Waals surface area contributed by atoms with Gasteiger partial charge in [-0.3, -0.25) is 4.79 Å². The van der Waals surface area contributed by atoms with Gasteiger partial charge in [0.05, 0.1) is 15.1 Å². The number of aryl methyl sites for hydroxylation is 1. The van der Waals surface area contributed by atoms with Crippen molar-refractivity contribution in [2.24, 2.45) is 0 Å². The maximum Gasteiger partial charge on any atom is 0.253 e. The van der Waals surface area contributed by atoms with Crippen LogP contribution in [0.5, 0.6) is 0 Å². The highest BCUT2D eigenvalue weighted by Gasteiger charge is 2.26. The van der Waals surface area contributed by atoms with Crippen LogP contribution in [0.3, 0.4) is 0 Å². The number of fused-ring (bicyclic) bond motifs is 1. The van der Waals surface area contributed by atoms with E-state index in [-0.39, 0.29) is 10.8 Å². The second-order valence-electron chi connectivity index (χ2n) is 9.14. The number of piperazine rings is 1. The summed E-state index contributed by atoms with van der Waals surface area (Å²) >= 11 is 1.68. The minimum atomic E-state index is -3.67. The summed E-state index contributed by atoms with van der Waals surface area (Å²) in [5.74, 6) is -0.0830. The van der Waals surface area contributed by atoms with Crippen molar-refractivity contribution in [2.45, 2.75) is 25.3 Å². The number of sulfonamides is 1. The van der Waals surface area contributed by atoms with E-state index in [4.69, 9.17) is 4.98 Å². The fraction of sp³-hybridized carbons (Fsp3) is 0.286. The molecular formula is C28H30N4O3S2. The van der Waals surface area contributed by atoms with Gasteiger partial charge in [0.1, 0.15) is 0 Å². The maximum atomic E-state index is 13.2. The SMILES string of the molecule is CCN(Cc1ccccc1)S(=O)(=O)c1ccc(C(=O)N2CCN(c3nc4c(C)cccc4s3)CC2)cc1. The number of carbonyl (C=O) groups excluding carboxylic acids is 1. The number of anilines is 1. The van der Waals surface area contributed by atoms with Gasteiger partial charge in [0.2, 0.25) is 10.0 Å². The molecule has 7 nitrogen and oxygen atoms in total. The molecule has 0 aliphatic carbocycles. The third-order valence-electron chi connectivity index (χ3n) is 6.74. The topological polar surface area (TPSA) is 73.8 Å². The number of rotatable bonds is 7. The van der Waals surface area contributed by atoms with Crippen molar-refractivity contribution >= 4 is 42.6 Å². The van der Waals surface area contributed by atoms with Crippen LogP contribution in [0.4, 0.5) is 5.13 Å². The predicted octanol–water partition coefficient (Wildman–Crippen LogP) is 4.78. The number of nitrogens with zero attached hydrogens (tertiary/aromatic N) is 4. The largest absolute Gasteiger partial charge is 0.345 e. The van der Waals surface area contributed by atoms with Gasteiger partial charge in [-0.2, -0.15) is 4.31 Å². The molecule has 0 spiro atoms. The van der Waals surface area contributed by atoms with Gasteiger partial charge in [0.15, 0.2) is 5.13 Å². The van der Waals surface area contributed by atoms with Gasteiger partial charge >= 0.3 is 0 Å². The molecule has 5 rings (SSSR count). The molecule has 1 aliphatic rings. The molecule has 0 atom stereocenters. The Labute approximate surface area is 222 Å². The number of amides is 1. The molecule has 1 aliphatic heterocycles. The van der Waals surface area contributed by atoms with E-state index < -0.39 is 10.0 Å². The van der Waals surface area contributed by atoms with Crippen molar-refractivity contribution in [2.75, 3.05) is 37.6 Å². The lowest BCUT2D eigenvalue weighted by atomic mass is 10.2. The van der Waals surface area contributed by atoms with Gasteiger partial charge in [0.25, 0.3) is 5.91 Å². The van der Waals surface area contributed by atoms with Crippen molar-refractivity contribution in [1.82, 2.24) is 14.2 Å². The van der Waals surface area contributed by atoms with Crippen LogP contribution in [0.25, 0.3) is 10.2 Å². The summed E-state index contributed by atoms with van der Waals surface area (Å²) in [5.41, 5.74) is 3.64.